The summed E-state index contributed by atoms with van der Waals surface area (Å²) < 4.78 is 5.65. The second kappa shape index (κ2) is 5.58. The molecule has 1 aromatic carbocycles. The van der Waals surface area contributed by atoms with Gasteiger partial charge in [-0.3, -0.25) is 14.9 Å². The molecular weight excluding hydrogens is 290 g/mol. The summed E-state index contributed by atoms with van der Waals surface area (Å²) in [6, 6.07) is 2.79. The van der Waals surface area contributed by atoms with Crippen LogP contribution >= 0.6 is 15.9 Å². The van der Waals surface area contributed by atoms with Crippen molar-refractivity contribution in [1.82, 2.24) is 0 Å². The van der Waals surface area contributed by atoms with E-state index in [1.165, 1.54) is 25.1 Å². The molecule has 17 heavy (non-hydrogen) atoms. The van der Waals surface area contributed by atoms with Gasteiger partial charge in [-0.15, -0.1) is 0 Å². The lowest BCUT2D eigenvalue weighted by Gasteiger charge is -2.09. The second-order valence-electron chi connectivity index (χ2n) is 3.21. The Morgan fingerprint density at radius 3 is 2.76 bits per heavy atom. The Hall–Kier alpha value is -1.69. The number of hydrogen-bond acceptors (Lipinski definition) is 4. The number of ketones is 1. The number of nitro groups is 1. The first-order chi connectivity index (χ1) is 7.97. The first-order valence-corrected chi connectivity index (χ1v) is 5.49. The monoisotopic (exact) mass is 299 g/mol. The molecule has 0 heterocycles. The van der Waals surface area contributed by atoms with Crippen molar-refractivity contribution in [2.75, 3.05) is 6.61 Å². The van der Waals surface area contributed by atoms with Crippen LogP contribution in [0.25, 0.3) is 0 Å². The number of carbonyl (C=O) groups is 1. The van der Waals surface area contributed by atoms with E-state index in [2.05, 4.69) is 22.5 Å². The molecule has 0 aromatic heterocycles. The Bertz CT molecular complexity index is 449. The Morgan fingerprint density at radius 1 is 1.65 bits per heavy atom. The Morgan fingerprint density at radius 2 is 2.29 bits per heavy atom. The zero-order chi connectivity index (χ0) is 13.0. The summed E-state index contributed by atoms with van der Waals surface area (Å²) in [6.45, 7) is 4.88. The molecule has 0 aliphatic heterocycles. The average molecular weight is 300 g/mol. The number of ether oxygens (including phenoxy) is 1. The maximum absolute atomic E-state index is 11.4. The third kappa shape index (κ3) is 3.13. The summed E-state index contributed by atoms with van der Waals surface area (Å²) in [6.07, 6.45) is 1.45. The number of nitro benzene ring substituents is 1. The normalized spacial score (nSPS) is 9.76. The number of Topliss-reactive ketones (excluding diaryl/α,β-unsaturated/α-hetero) is 1. The number of rotatable bonds is 5. The predicted molar refractivity (Wildman–Crippen MR) is 66.5 cm³/mol. The summed E-state index contributed by atoms with van der Waals surface area (Å²) in [5.74, 6) is -0.320. The third-order valence-electron chi connectivity index (χ3n) is 1.96. The molecule has 0 fully saturated rings. The van der Waals surface area contributed by atoms with E-state index >= 15 is 0 Å². The van der Waals surface area contributed by atoms with Crippen LogP contribution in [0, 0.1) is 10.1 Å². The van der Waals surface area contributed by atoms with Crippen LogP contribution in [0.5, 0.6) is 5.75 Å². The van der Waals surface area contributed by atoms with E-state index in [9.17, 15) is 14.9 Å². The van der Waals surface area contributed by atoms with E-state index in [0.29, 0.717) is 4.47 Å². The van der Waals surface area contributed by atoms with Crippen LogP contribution in [0.4, 0.5) is 5.69 Å². The van der Waals surface area contributed by atoms with Gasteiger partial charge in [-0.2, -0.15) is 0 Å². The van der Waals surface area contributed by atoms with Gasteiger partial charge in [0.1, 0.15) is 6.61 Å². The third-order valence-corrected chi connectivity index (χ3v) is 2.41. The smallest absolute Gasteiger partial charge is 0.312 e. The van der Waals surface area contributed by atoms with Crippen LogP contribution in [-0.4, -0.2) is 17.3 Å². The van der Waals surface area contributed by atoms with Crippen LogP contribution in [0.15, 0.2) is 29.3 Å². The molecule has 0 amide bonds. The van der Waals surface area contributed by atoms with Crippen molar-refractivity contribution in [3.63, 3.8) is 0 Å². The zero-order valence-corrected chi connectivity index (χ0v) is 10.7. The van der Waals surface area contributed by atoms with Gasteiger partial charge in [-0.05, 0) is 13.0 Å². The van der Waals surface area contributed by atoms with Gasteiger partial charge in [-0.25, -0.2) is 0 Å². The van der Waals surface area contributed by atoms with Crippen LogP contribution in [0.1, 0.15) is 17.3 Å². The molecule has 0 atom stereocenters. The number of halogens is 1. The summed E-state index contributed by atoms with van der Waals surface area (Å²) in [7, 11) is 0. The summed E-state index contributed by atoms with van der Waals surface area (Å²) in [5, 5.41) is 10.9. The van der Waals surface area contributed by atoms with Crippen LogP contribution < -0.4 is 4.74 Å². The van der Waals surface area contributed by atoms with Crippen molar-refractivity contribution >= 4 is 27.4 Å². The lowest BCUT2D eigenvalue weighted by atomic mass is 10.1. The Balaban J connectivity index is 3.41. The summed E-state index contributed by atoms with van der Waals surface area (Å²) in [5.41, 5.74) is -0.0700. The van der Waals surface area contributed by atoms with Crippen molar-refractivity contribution in [2.45, 2.75) is 6.92 Å². The number of nitrogens with zero attached hydrogens (tertiary/aromatic N) is 1. The highest BCUT2D eigenvalue weighted by Crippen LogP contribution is 2.34. The number of carbonyl (C=O) groups excluding carboxylic acids is 1. The molecule has 6 heteroatoms. The van der Waals surface area contributed by atoms with Crippen molar-refractivity contribution in [3.05, 3.63) is 44.9 Å². The van der Waals surface area contributed by atoms with Crippen LogP contribution in [-0.2, 0) is 0 Å². The van der Waals surface area contributed by atoms with Gasteiger partial charge in [0.15, 0.2) is 5.78 Å². The number of hydrogen-bond donors (Lipinski definition) is 0. The van der Waals surface area contributed by atoms with Gasteiger partial charge in [0.05, 0.1) is 10.5 Å². The minimum absolute atomic E-state index is 0.0226. The molecule has 90 valence electrons. The SMILES string of the molecule is C=CCOc1c(C(C)=O)cc(Br)cc1[N+](=O)[O-]. The second-order valence-corrected chi connectivity index (χ2v) is 4.13. The van der Waals surface area contributed by atoms with Crippen molar-refractivity contribution < 1.29 is 14.5 Å². The van der Waals surface area contributed by atoms with E-state index < -0.39 is 4.92 Å². The predicted octanol–water partition coefficient (Wildman–Crippen LogP) is 3.12. The molecule has 0 unspecified atom stereocenters. The molecule has 0 aliphatic carbocycles. The van der Waals surface area contributed by atoms with Gasteiger partial charge in [-0.1, -0.05) is 28.6 Å². The standard InChI is InChI=1S/C11H10BrNO4/c1-3-4-17-11-9(7(2)14)5-8(12)6-10(11)13(15)16/h3,5-6H,1,4H2,2H3. The maximum Gasteiger partial charge on any atom is 0.312 e. The van der Waals surface area contributed by atoms with Gasteiger partial charge >= 0.3 is 5.69 Å². The molecular formula is C11H10BrNO4. The van der Waals surface area contributed by atoms with Gasteiger partial charge < -0.3 is 4.74 Å². The molecule has 0 saturated carbocycles. The Labute approximate surface area is 106 Å². The molecule has 0 N–H and O–H groups in total. The van der Waals surface area contributed by atoms with E-state index in [-0.39, 0.29) is 29.4 Å². The van der Waals surface area contributed by atoms with Gasteiger partial charge in [0.2, 0.25) is 5.75 Å². The fraction of sp³-hybridized carbons (Fsp3) is 0.182. The molecule has 1 aromatic rings. The topological polar surface area (TPSA) is 69.4 Å². The maximum atomic E-state index is 11.4. The molecule has 0 radical (unpaired) electrons. The van der Waals surface area contributed by atoms with E-state index in [4.69, 9.17) is 4.74 Å². The van der Waals surface area contributed by atoms with Crippen LogP contribution in [0.2, 0.25) is 0 Å². The largest absolute Gasteiger partial charge is 0.482 e. The molecule has 0 spiro atoms. The van der Waals surface area contributed by atoms with E-state index in [0.717, 1.165) is 0 Å². The molecule has 0 bridgehead atoms. The molecule has 0 aliphatic rings. The highest BCUT2D eigenvalue weighted by atomic mass is 79.9. The number of benzene rings is 1. The minimum atomic E-state index is -0.588. The fourth-order valence-electron chi connectivity index (χ4n) is 1.27. The van der Waals surface area contributed by atoms with Gasteiger partial charge in [0, 0.05) is 10.5 Å². The molecule has 1 rings (SSSR count). The highest BCUT2D eigenvalue weighted by Gasteiger charge is 2.22. The Kier molecular flexibility index (Phi) is 4.39. The summed E-state index contributed by atoms with van der Waals surface area (Å²) in [4.78, 5) is 21.7. The lowest BCUT2D eigenvalue weighted by Crippen LogP contribution is -2.05. The zero-order valence-electron chi connectivity index (χ0n) is 9.10. The van der Waals surface area contributed by atoms with Crippen molar-refractivity contribution in [2.24, 2.45) is 0 Å². The molecule has 5 nitrogen and oxygen atoms in total. The fourth-order valence-corrected chi connectivity index (χ4v) is 1.72. The molecule has 0 saturated heterocycles. The van der Waals surface area contributed by atoms with Gasteiger partial charge in [0.25, 0.3) is 0 Å². The van der Waals surface area contributed by atoms with Crippen molar-refractivity contribution in [1.29, 1.82) is 0 Å². The van der Waals surface area contributed by atoms with E-state index in [1.807, 2.05) is 0 Å². The minimum Gasteiger partial charge on any atom is -0.482 e. The average Bonchev–Trinajstić information content (AvgIpc) is 2.26. The lowest BCUT2D eigenvalue weighted by molar-refractivity contribution is -0.385. The first kappa shape index (κ1) is 13.4. The first-order valence-electron chi connectivity index (χ1n) is 4.70. The quantitative estimate of drug-likeness (QED) is 0.362. The highest BCUT2D eigenvalue weighted by molar-refractivity contribution is 9.10. The van der Waals surface area contributed by atoms with E-state index in [1.54, 1.807) is 0 Å². The van der Waals surface area contributed by atoms with Crippen molar-refractivity contribution in [3.8, 4) is 5.75 Å². The summed E-state index contributed by atoms with van der Waals surface area (Å²) >= 11 is 3.12. The van der Waals surface area contributed by atoms with Crippen LogP contribution in [0.3, 0.4) is 0 Å².